The molecule has 2 aromatic rings. The van der Waals surface area contributed by atoms with Crippen LogP contribution in [0.25, 0.3) is 0 Å². The van der Waals surface area contributed by atoms with Crippen molar-refractivity contribution in [2.75, 3.05) is 6.54 Å². The van der Waals surface area contributed by atoms with Crippen molar-refractivity contribution in [1.29, 1.82) is 0 Å². The summed E-state index contributed by atoms with van der Waals surface area (Å²) in [6.45, 7) is 2.26. The predicted molar refractivity (Wildman–Crippen MR) is 70.1 cm³/mol. The Balaban J connectivity index is 2.51. The Labute approximate surface area is 119 Å². The van der Waals surface area contributed by atoms with Gasteiger partial charge in [-0.25, -0.2) is 4.39 Å². The lowest BCUT2D eigenvalue weighted by Crippen LogP contribution is -2.24. The molecule has 0 saturated heterocycles. The van der Waals surface area contributed by atoms with Gasteiger partial charge in [-0.2, -0.15) is 18.3 Å². The number of nitrogens with one attached hydrogen (secondary N) is 1. The van der Waals surface area contributed by atoms with E-state index in [0.29, 0.717) is 12.2 Å². The highest BCUT2D eigenvalue weighted by Gasteiger charge is 2.36. The Morgan fingerprint density at radius 3 is 2.52 bits per heavy atom. The van der Waals surface area contributed by atoms with Crippen LogP contribution in [0.4, 0.5) is 17.6 Å². The van der Waals surface area contributed by atoms with Crippen LogP contribution in [0.3, 0.4) is 0 Å². The third-order valence-electron chi connectivity index (χ3n) is 3.08. The van der Waals surface area contributed by atoms with Crippen LogP contribution in [0.15, 0.2) is 30.5 Å². The van der Waals surface area contributed by atoms with E-state index >= 15 is 0 Å². The maximum absolute atomic E-state index is 14.2. The standard InChI is InChI=1S/C14H15F4N3/c1-3-19-13(11-7-8-21(2)20-11)9-5-4-6-10(12(9)15)14(16,17)18/h4-8,13,19H,3H2,1-2H3. The summed E-state index contributed by atoms with van der Waals surface area (Å²) < 4.78 is 54.2. The van der Waals surface area contributed by atoms with Gasteiger partial charge in [0.15, 0.2) is 0 Å². The molecule has 3 nitrogen and oxygen atoms in total. The predicted octanol–water partition coefficient (Wildman–Crippen LogP) is 3.28. The van der Waals surface area contributed by atoms with Crippen molar-refractivity contribution < 1.29 is 17.6 Å². The number of aromatic nitrogens is 2. The first kappa shape index (κ1) is 15.5. The number of nitrogens with zero attached hydrogens (tertiary/aromatic N) is 2. The maximum Gasteiger partial charge on any atom is 0.419 e. The minimum atomic E-state index is -4.72. The van der Waals surface area contributed by atoms with Crippen LogP contribution in [-0.2, 0) is 13.2 Å². The van der Waals surface area contributed by atoms with E-state index in [9.17, 15) is 17.6 Å². The lowest BCUT2D eigenvalue weighted by molar-refractivity contribution is -0.140. The molecule has 1 N–H and O–H groups in total. The highest BCUT2D eigenvalue weighted by molar-refractivity contribution is 5.34. The summed E-state index contributed by atoms with van der Waals surface area (Å²) in [5.41, 5.74) is -0.859. The molecule has 0 aliphatic heterocycles. The van der Waals surface area contributed by atoms with Crippen molar-refractivity contribution in [3.63, 3.8) is 0 Å². The van der Waals surface area contributed by atoms with Crippen molar-refractivity contribution >= 4 is 0 Å². The molecular formula is C14H15F4N3. The third-order valence-corrected chi connectivity index (χ3v) is 3.08. The average Bonchev–Trinajstić information content (AvgIpc) is 2.82. The molecule has 1 unspecified atom stereocenters. The number of hydrogen-bond donors (Lipinski definition) is 1. The Bertz CT molecular complexity index is 619. The van der Waals surface area contributed by atoms with E-state index in [2.05, 4.69) is 10.4 Å². The SMILES string of the molecule is CCNC(c1ccn(C)n1)c1cccc(C(F)(F)F)c1F. The maximum atomic E-state index is 14.2. The Kier molecular flexibility index (Phi) is 4.32. The van der Waals surface area contributed by atoms with Crippen molar-refractivity contribution in [1.82, 2.24) is 15.1 Å². The lowest BCUT2D eigenvalue weighted by atomic mass is 10.00. The summed E-state index contributed by atoms with van der Waals surface area (Å²) >= 11 is 0. The monoisotopic (exact) mass is 301 g/mol. The quantitative estimate of drug-likeness (QED) is 0.878. The summed E-state index contributed by atoms with van der Waals surface area (Å²) in [6.07, 6.45) is -3.06. The number of hydrogen-bond acceptors (Lipinski definition) is 2. The van der Waals surface area contributed by atoms with E-state index in [0.717, 1.165) is 6.07 Å². The van der Waals surface area contributed by atoms with Gasteiger partial charge in [0.1, 0.15) is 5.82 Å². The normalized spacial score (nSPS) is 13.4. The van der Waals surface area contributed by atoms with E-state index in [-0.39, 0.29) is 5.56 Å². The van der Waals surface area contributed by atoms with Gasteiger partial charge in [0, 0.05) is 18.8 Å². The van der Waals surface area contributed by atoms with E-state index in [1.54, 1.807) is 26.2 Å². The highest BCUT2D eigenvalue weighted by atomic mass is 19.4. The second-order valence-corrected chi connectivity index (χ2v) is 4.61. The van der Waals surface area contributed by atoms with Crippen LogP contribution < -0.4 is 5.32 Å². The van der Waals surface area contributed by atoms with Crippen molar-refractivity contribution in [3.05, 3.63) is 53.1 Å². The molecular weight excluding hydrogens is 286 g/mol. The molecule has 0 radical (unpaired) electrons. The molecule has 0 aliphatic rings. The molecule has 0 spiro atoms. The van der Waals surface area contributed by atoms with Crippen LogP contribution in [0.2, 0.25) is 0 Å². The Morgan fingerprint density at radius 2 is 2.00 bits per heavy atom. The van der Waals surface area contributed by atoms with Gasteiger partial charge < -0.3 is 5.32 Å². The molecule has 0 fully saturated rings. The molecule has 1 atom stereocenters. The number of benzene rings is 1. The first-order valence-electron chi connectivity index (χ1n) is 6.43. The second-order valence-electron chi connectivity index (χ2n) is 4.61. The molecule has 0 amide bonds. The van der Waals surface area contributed by atoms with Gasteiger partial charge in [-0.05, 0) is 18.7 Å². The molecule has 0 aliphatic carbocycles. The topological polar surface area (TPSA) is 29.9 Å². The van der Waals surface area contributed by atoms with Crippen LogP contribution in [-0.4, -0.2) is 16.3 Å². The molecule has 1 aromatic carbocycles. The summed E-state index contributed by atoms with van der Waals surface area (Å²) in [5.74, 6) is -1.26. The van der Waals surface area contributed by atoms with Gasteiger partial charge in [-0.3, -0.25) is 4.68 Å². The fourth-order valence-electron chi connectivity index (χ4n) is 2.16. The summed E-state index contributed by atoms with van der Waals surface area (Å²) in [5, 5.41) is 7.11. The van der Waals surface area contributed by atoms with Gasteiger partial charge in [-0.15, -0.1) is 0 Å². The number of halogens is 4. The lowest BCUT2D eigenvalue weighted by Gasteiger charge is -2.19. The van der Waals surface area contributed by atoms with E-state index in [1.165, 1.54) is 16.8 Å². The first-order chi connectivity index (χ1) is 9.84. The van der Waals surface area contributed by atoms with Crippen molar-refractivity contribution in [3.8, 4) is 0 Å². The fourth-order valence-corrected chi connectivity index (χ4v) is 2.16. The van der Waals surface area contributed by atoms with Crippen LogP contribution in [0.5, 0.6) is 0 Å². The van der Waals surface area contributed by atoms with E-state index < -0.39 is 23.6 Å². The summed E-state index contributed by atoms with van der Waals surface area (Å²) in [7, 11) is 1.69. The van der Waals surface area contributed by atoms with Crippen molar-refractivity contribution in [2.45, 2.75) is 19.1 Å². The zero-order valence-electron chi connectivity index (χ0n) is 11.6. The van der Waals surface area contributed by atoms with Crippen LogP contribution >= 0.6 is 0 Å². The van der Waals surface area contributed by atoms with Gasteiger partial charge in [0.2, 0.25) is 0 Å². The van der Waals surface area contributed by atoms with Crippen LogP contribution in [0, 0.1) is 5.82 Å². The Morgan fingerprint density at radius 1 is 1.29 bits per heavy atom. The average molecular weight is 301 g/mol. The molecule has 2 rings (SSSR count). The van der Waals surface area contributed by atoms with Crippen molar-refractivity contribution in [2.24, 2.45) is 7.05 Å². The summed E-state index contributed by atoms with van der Waals surface area (Å²) in [4.78, 5) is 0. The van der Waals surface area contributed by atoms with Gasteiger partial charge >= 0.3 is 6.18 Å². The first-order valence-corrected chi connectivity index (χ1v) is 6.43. The van der Waals surface area contributed by atoms with E-state index in [4.69, 9.17) is 0 Å². The minimum absolute atomic E-state index is 0.0645. The smallest absolute Gasteiger partial charge is 0.305 e. The number of rotatable bonds is 4. The largest absolute Gasteiger partial charge is 0.419 e. The highest BCUT2D eigenvalue weighted by Crippen LogP contribution is 2.34. The molecule has 7 heteroatoms. The second kappa shape index (κ2) is 5.85. The minimum Gasteiger partial charge on any atom is -0.305 e. The van der Waals surface area contributed by atoms with Crippen LogP contribution in [0.1, 0.15) is 29.8 Å². The molecule has 1 heterocycles. The van der Waals surface area contributed by atoms with Gasteiger partial charge in [0.05, 0.1) is 17.3 Å². The molecule has 114 valence electrons. The molecule has 0 saturated carbocycles. The van der Waals surface area contributed by atoms with Gasteiger partial charge in [0.25, 0.3) is 0 Å². The number of alkyl halides is 3. The van der Waals surface area contributed by atoms with E-state index in [1.807, 2.05) is 0 Å². The number of aryl methyl sites for hydroxylation is 1. The molecule has 0 bridgehead atoms. The third kappa shape index (κ3) is 3.24. The zero-order chi connectivity index (χ0) is 15.6. The molecule has 1 aromatic heterocycles. The Hall–Kier alpha value is -1.89. The molecule has 21 heavy (non-hydrogen) atoms. The zero-order valence-corrected chi connectivity index (χ0v) is 11.6. The fraction of sp³-hybridized carbons (Fsp3) is 0.357. The summed E-state index contributed by atoms with van der Waals surface area (Å²) in [6, 6.07) is 4.20. The van der Waals surface area contributed by atoms with Gasteiger partial charge in [-0.1, -0.05) is 19.1 Å².